The molecule has 0 unspecified atom stereocenters. The Balaban J connectivity index is 1.62. The maximum Gasteiger partial charge on any atom is 0.416 e. The number of alkyl halides is 3. The van der Waals surface area contributed by atoms with E-state index in [-0.39, 0.29) is 0 Å². The summed E-state index contributed by atoms with van der Waals surface area (Å²) in [5.41, 5.74) is 5.11. The molecule has 0 radical (unpaired) electrons. The largest absolute Gasteiger partial charge is 0.416 e. The van der Waals surface area contributed by atoms with Gasteiger partial charge in [-0.3, -0.25) is 4.90 Å². The van der Waals surface area contributed by atoms with Crippen LogP contribution in [0.3, 0.4) is 0 Å². The Bertz CT molecular complexity index is 867. The van der Waals surface area contributed by atoms with Crippen molar-refractivity contribution in [2.24, 2.45) is 5.92 Å². The molecule has 0 saturated heterocycles. The predicted octanol–water partition coefficient (Wildman–Crippen LogP) is 7.13. The normalized spacial score (nSPS) is 18.1. The number of nitrogens with zero attached hydrogens (tertiary/aromatic N) is 1. The van der Waals surface area contributed by atoms with Gasteiger partial charge < -0.3 is 5.32 Å². The first kappa shape index (κ1) is 22.2. The number of hydrogen-bond donors (Lipinski definition) is 1. The smallest absolute Gasteiger partial charge is 0.385 e. The summed E-state index contributed by atoms with van der Waals surface area (Å²) >= 11 is 0. The van der Waals surface area contributed by atoms with Crippen molar-refractivity contribution < 1.29 is 13.2 Å². The molecule has 4 rings (SSSR count). The molecule has 0 spiro atoms. The number of hydrogen-bond acceptors (Lipinski definition) is 2. The second-order valence-corrected chi connectivity index (χ2v) is 9.15. The maximum atomic E-state index is 13.0. The highest BCUT2D eigenvalue weighted by atomic mass is 19.4. The monoisotopic (exact) mass is 430 g/mol. The van der Waals surface area contributed by atoms with Gasteiger partial charge in [0.25, 0.3) is 0 Å². The van der Waals surface area contributed by atoms with Crippen molar-refractivity contribution in [3.8, 4) is 11.1 Å². The highest BCUT2D eigenvalue weighted by Crippen LogP contribution is 2.35. The van der Waals surface area contributed by atoms with E-state index in [0.717, 1.165) is 56.1 Å². The Morgan fingerprint density at radius 1 is 1.00 bits per heavy atom. The average molecular weight is 431 g/mol. The highest BCUT2D eigenvalue weighted by molar-refractivity contribution is 5.72. The van der Waals surface area contributed by atoms with Crippen molar-refractivity contribution in [3.63, 3.8) is 0 Å². The molecule has 1 aliphatic carbocycles. The van der Waals surface area contributed by atoms with Crippen LogP contribution in [0.2, 0.25) is 0 Å². The van der Waals surface area contributed by atoms with E-state index in [2.05, 4.69) is 29.3 Å². The van der Waals surface area contributed by atoms with Crippen LogP contribution < -0.4 is 5.32 Å². The van der Waals surface area contributed by atoms with Crippen LogP contribution in [-0.2, 0) is 19.1 Å². The summed E-state index contributed by atoms with van der Waals surface area (Å²) in [7, 11) is 0. The SMILES string of the molecule is CCCN1CCc2c(cc(-c3ccc(C(F)(F)F)cc3)cc2NCC2CCCCC2)C1. The van der Waals surface area contributed by atoms with E-state index in [0.29, 0.717) is 0 Å². The first-order chi connectivity index (χ1) is 14.9. The molecular formula is C26H33F3N2. The molecule has 0 atom stereocenters. The van der Waals surface area contributed by atoms with Gasteiger partial charge in [-0.25, -0.2) is 0 Å². The zero-order chi connectivity index (χ0) is 21.8. The predicted molar refractivity (Wildman–Crippen MR) is 121 cm³/mol. The van der Waals surface area contributed by atoms with Gasteiger partial charge >= 0.3 is 6.18 Å². The van der Waals surface area contributed by atoms with Crippen molar-refractivity contribution in [1.29, 1.82) is 0 Å². The van der Waals surface area contributed by atoms with E-state index >= 15 is 0 Å². The zero-order valence-corrected chi connectivity index (χ0v) is 18.4. The standard InChI is InChI=1S/C26H33F3N2/c1-2-13-31-14-12-24-22(18-31)15-21(20-8-10-23(11-9-20)26(27,28)29)16-25(24)30-17-19-6-4-3-5-7-19/h8-11,15-16,19,30H,2-7,12-14,17-18H2,1H3. The summed E-state index contributed by atoms with van der Waals surface area (Å²) in [5.74, 6) is 0.722. The van der Waals surface area contributed by atoms with E-state index < -0.39 is 11.7 Å². The molecule has 168 valence electrons. The van der Waals surface area contributed by atoms with Gasteiger partial charge in [0.1, 0.15) is 0 Å². The summed E-state index contributed by atoms with van der Waals surface area (Å²) in [4.78, 5) is 2.48. The Morgan fingerprint density at radius 2 is 1.74 bits per heavy atom. The molecule has 5 heteroatoms. The fourth-order valence-corrected chi connectivity index (χ4v) is 5.09. The quantitative estimate of drug-likeness (QED) is 0.524. The first-order valence-corrected chi connectivity index (χ1v) is 11.7. The van der Waals surface area contributed by atoms with Gasteiger partial charge in [-0.1, -0.05) is 38.3 Å². The molecule has 1 heterocycles. The number of halogens is 3. The van der Waals surface area contributed by atoms with Crippen LogP contribution in [0.15, 0.2) is 36.4 Å². The van der Waals surface area contributed by atoms with Crippen LogP contribution >= 0.6 is 0 Å². The van der Waals surface area contributed by atoms with Gasteiger partial charge in [0.05, 0.1) is 5.56 Å². The molecule has 1 aliphatic heterocycles. The molecule has 0 bridgehead atoms. The molecular weight excluding hydrogens is 397 g/mol. The number of anilines is 1. The molecule has 1 saturated carbocycles. The van der Waals surface area contributed by atoms with Crippen LogP contribution in [0.5, 0.6) is 0 Å². The van der Waals surface area contributed by atoms with Gasteiger partial charge in [0.15, 0.2) is 0 Å². The molecule has 2 aromatic carbocycles. The van der Waals surface area contributed by atoms with Crippen LogP contribution in [0, 0.1) is 5.92 Å². The lowest BCUT2D eigenvalue weighted by atomic mass is 9.88. The van der Waals surface area contributed by atoms with Crippen LogP contribution in [-0.4, -0.2) is 24.5 Å². The molecule has 0 aromatic heterocycles. The molecule has 2 aromatic rings. The molecule has 2 nitrogen and oxygen atoms in total. The third-order valence-corrected chi connectivity index (χ3v) is 6.81. The van der Waals surface area contributed by atoms with Gasteiger partial charge in [0.2, 0.25) is 0 Å². The number of fused-ring (bicyclic) bond motifs is 1. The second kappa shape index (κ2) is 9.64. The molecule has 31 heavy (non-hydrogen) atoms. The molecule has 1 fully saturated rings. The number of rotatable bonds is 6. The highest BCUT2D eigenvalue weighted by Gasteiger charge is 2.30. The van der Waals surface area contributed by atoms with Crippen LogP contribution in [0.4, 0.5) is 18.9 Å². The lowest BCUT2D eigenvalue weighted by Crippen LogP contribution is -2.32. The van der Waals surface area contributed by atoms with Crippen molar-refractivity contribution in [1.82, 2.24) is 4.90 Å². The van der Waals surface area contributed by atoms with Gasteiger partial charge in [0, 0.05) is 25.3 Å². The molecule has 1 N–H and O–H groups in total. The summed E-state index contributed by atoms with van der Waals surface area (Å²) in [6.07, 6.45) is 4.42. The molecule has 2 aliphatic rings. The lowest BCUT2D eigenvalue weighted by Gasteiger charge is -2.31. The fraction of sp³-hybridized carbons (Fsp3) is 0.538. The van der Waals surface area contributed by atoms with Crippen molar-refractivity contribution in [3.05, 3.63) is 53.1 Å². The number of benzene rings is 2. The fourth-order valence-electron chi connectivity index (χ4n) is 5.09. The van der Waals surface area contributed by atoms with Crippen molar-refractivity contribution in [2.75, 3.05) is 25.0 Å². The van der Waals surface area contributed by atoms with Crippen LogP contribution in [0.25, 0.3) is 11.1 Å². The minimum atomic E-state index is -4.30. The topological polar surface area (TPSA) is 15.3 Å². The second-order valence-electron chi connectivity index (χ2n) is 9.15. The van der Waals surface area contributed by atoms with E-state index in [9.17, 15) is 13.2 Å². The third kappa shape index (κ3) is 5.43. The van der Waals surface area contributed by atoms with E-state index in [1.165, 1.54) is 61.1 Å². The number of nitrogens with one attached hydrogen (secondary N) is 1. The van der Waals surface area contributed by atoms with E-state index in [1.807, 2.05) is 0 Å². The van der Waals surface area contributed by atoms with Gasteiger partial charge in [-0.2, -0.15) is 13.2 Å². The Labute approximate surface area is 183 Å². The van der Waals surface area contributed by atoms with Crippen molar-refractivity contribution >= 4 is 5.69 Å². The summed E-state index contributed by atoms with van der Waals surface area (Å²) in [5, 5.41) is 3.74. The summed E-state index contributed by atoms with van der Waals surface area (Å²) < 4.78 is 39.0. The van der Waals surface area contributed by atoms with Gasteiger partial charge in [-0.05, 0) is 84.7 Å². The zero-order valence-electron chi connectivity index (χ0n) is 18.4. The lowest BCUT2D eigenvalue weighted by molar-refractivity contribution is -0.137. The molecule has 0 amide bonds. The Kier molecular flexibility index (Phi) is 6.90. The minimum Gasteiger partial charge on any atom is -0.385 e. The summed E-state index contributed by atoms with van der Waals surface area (Å²) in [6, 6.07) is 9.91. The average Bonchev–Trinajstić information content (AvgIpc) is 2.77. The first-order valence-electron chi connectivity index (χ1n) is 11.7. The minimum absolute atomic E-state index is 0.598. The Morgan fingerprint density at radius 3 is 2.42 bits per heavy atom. The van der Waals surface area contributed by atoms with Crippen LogP contribution in [0.1, 0.15) is 62.1 Å². The maximum absolute atomic E-state index is 13.0. The van der Waals surface area contributed by atoms with Crippen molar-refractivity contribution in [2.45, 2.75) is 64.6 Å². The third-order valence-electron chi connectivity index (χ3n) is 6.81. The Hall–Kier alpha value is -2.01. The van der Waals surface area contributed by atoms with E-state index in [4.69, 9.17) is 0 Å². The van der Waals surface area contributed by atoms with E-state index in [1.54, 1.807) is 12.1 Å². The van der Waals surface area contributed by atoms with Gasteiger partial charge in [-0.15, -0.1) is 0 Å². The summed E-state index contributed by atoms with van der Waals surface area (Å²) in [6.45, 7) is 6.25.